The highest BCUT2D eigenvalue weighted by Gasteiger charge is 2.66. The molecule has 3 saturated carbocycles. The van der Waals surface area contributed by atoms with Crippen LogP contribution in [0.2, 0.25) is 0 Å². The largest absolute Gasteiger partial charge is 0.390 e. The molecule has 1 saturated heterocycles. The normalized spacial score (nSPS) is 48.8. The fourth-order valence-electron chi connectivity index (χ4n) is 8.41. The lowest BCUT2D eigenvalue weighted by Crippen LogP contribution is -2.49. The molecule has 4 fully saturated rings. The minimum atomic E-state index is -0.286. The fraction of sp³-hybridized carbons (Fsp3) is 0.852. The summed E-state index contributed by atoms with van der Waals surface area (Å²) in [6.45, 7) is 12.3. The monoisotopic (exact) mass is 398 g/mol. The van der Waals surface area contributed by atoms with E-state index < -0.39 is 0 Å². The summed E-state index contributed by atoms with van der Waals surface area (Å²) in [5.41, 5.74) is 3.82. The van der Waals surface area contributed by atoms with Crippen LogP contribution in [0.1, 0.15) is 86.0 Å². The molecule has 0 spiro atoms. The molecule has 0 aromatic carbocycles. The first-order chi connectivity index (χ1) is 13.8. The molecule has 2 nitrogen and oxygen atoms in total. The maximum Gasteiger partial charge on any atom is 0.111 e. The lowest BCUT2D eigenvalue weighted by atomic mass is 9.50. The second-order valence-corrected chi connectivity index (χ2v) is 12.1. The molecule has 2 heteroatoms. The third-order valence-corrected chi connectivity index (χ3v) is 10.1. The molecule has 5 rings (SSSR count). The Morgan fingerprint density at radius 1 is 1.07 bits per heavy atom. The molecule has 6 unspecified atom stereocenters. The van der Waals surface area contributed by atoms with Crippen LogP contribution in [0, 0.1) is 40.4 Å². The van der Waals surface area contributed by atoms with Crippen LogP contribution in [-0.4, -0.2) is 23.4 Å². The summed E-state index contributed by atoms with van der Waals surface area (Å²) >= 11 is 0. The summed E-state index contributed by atoms with van der Waals surface area (Å²) in [5, 5.41) is 10.4. The smallest absolute Gasteiger partial charge is 0.111 e. The first kappa shape index (κ1) is 20.3. The molecule has 0 aromatic rings. The van der Waals surface area contributed by atoms with Crippen LogP contribution in [0.3, 0.4) is 0 Å². The van der Waals surface area contributed by atoms with E-state index in [-0.39, 0.29) is 23.7 Å². The molecule has 29 heavy (non-hydrogen) atoms. The van der Waals surface area contributed by atoms with Crippen LogP contribution in [0.4, 0.5) is 0 Å². The van der Waals surface area contributed by atoms with Gasteiger partial charge in [-0.2, -0.15) is 0 Å². The Morgan fingerprint density at radius 2 is 1.86 bits per heavy atom. The molecular weight excluding hydrogens is 356 g/mol. The van der Waals surface area contributed by atoms with Crippen LogP contribution in [0.15, 0.2) is 23.3 Å². The van der Waals surface area contributed by atoms with E-state index in [4.69, 9.17) is 4.74 Å². The maximum absolute atomic E-state index is 10.4. The Labute approximate surface area is 178 Å². The van der Waals surface area contributed by atoms with Crippen molar-refractivity contribution in [2.75, 3.05) is 0 Å². The lowest BCUT2D eigenvalue weighted by molar-refractivity contribution is 0.0406. The molecule has 162 valence electrons. The Bertz CT molecular complexity index is 720. The van der Waals surface area contributed by atoms with Gasteiger partial charge in [-0.15, -0.1) is 0 Å². The number of rotatable bonds is 5. The van der Waals surface area contributed by atoms with Gasteiger partial charge < -0.3 is 9.84 Å². The summed E-state index contributed by atoms with van der Waals surface area (Å²) in [6, 6.07) is 0. The SMILES string of the molecule is CC(C)CCCC(C)C1CCC2C3=CC=C4C[C@@H](O)C5OC5[C@]4(C)C3CC[C@@]21C. The second kappa shape index (κ2) is 6.95. The number of allylic oxidation sites excluding steroid dienone is 3. The van der Waals surface area contributed by atoms with Crippen molar-refractivity contribution in [2.24, 2.45) is 40.4 Å². The van der Waals surface area contributed by atoms with Crippen LogP contribution in [0.25, 0.3) is 0 Å². The van der Waals surface area contributed by atoms with Gasteiger partial charge in [-0.25, -0.2) is 0 Å². The van der Waals surface area contributed by atoms with Crippen LogP contribution in [-0.2, 0) is 4.74 Å². The summed E-state index contributed by atoms with van der Waals surface area (Å²) in [4.78, 5) is 0. The van der Waals surface area contributed by atoms with E-state index in [0.29, 0.717) is 11.3 Å². The van der Waals surface area contributed by atoms with E-state index in [2.05, 4.69) is 46.8 Å². The average molecular weight is 399 g/mol. The van der Waals surface area contributed by atoms with Crippen molar-refractivity contribution in [3.63, 3.8) is 0 Å². The average Bonchev–Trinajstić information content (AvgIpc) is 3.40. The van der Waals surface area contributed by atoms with Crippen molar-refractivity contribution in [1.82, 2.24) is 0 Å². The van der Waals surface area contributed by atoms with E-state index in [1.54, 1.807) is 5.57 Å². The van der Waals surface area contributed by atoms with Gasteiger partial charge in [0, 0.05) is 5.41 Å². The number of hydrogen-bond acceptors (Lipinski definition) is 2. The van der Waals surface area contributed by atoms with Gasteiger partial charge in [0.15, 0.2) is 0 Å². The van der Waals surface area contributed by atoms with Gasteiger partial charge in [0.05, 0.1) is 12.2 Å². The van der Waals surface area contributed by atoms with Crippen molar-refractivity contribution in [3.05, 3.63) is 23.3 Å². The Hall–Kier alpha value is -0.600. The minimum absolute atomic E-state index is 0.0992. The molecule has 0 amide bonds. The summed E-state index contributed by atoms with van der Waals surface area (Å²) in [5.74, 6) is 3.97. The number of aliphatic hydroxyl groups is 1. The van der Waals surface area contributed by atoms with Gasteiger partial charge in [-0.1, -0.05) is 77.2 Å². The predicted octanol–water partition coefficient (Wildman–Crippen LogP) is 6.30. The first-order valence-electron chi connectivity index (χ1n) is 12.5. The third kappa shape index (κ3) is 2.95. The number of ether oxygens (including phenoxy) is 1. The molecule has 0 aromatic heterocycles. The van der Waals surface area contributed by atoms with E-state index in [1.165, 1.54) is 50.5 Å². The zero-order valence-corrected chi connectivity index (χ0v) is 19.3. The van der Waals surface area contributed by atoms with E-state index in [1.807, 2.05) is 0 Å². The molecule has 9 atom stereocenters. The molecule has 1 heterocycles. The predicted molar refractivity (Wildman–Crippen MR) is 118 cm³/mol. The van der Waals surface area contributed by atoms with Crippen LogP contribution in [0.5, 0.6) is 0 Å². The standard InChI is InChI=1S/C27H42O2/c1-16(2)7-6-8-17(3)20-11-12-21-19-10-9-18-15-23(28)24-25(29-24)27(18,5)22(19)13-14-26(20,21)4/h9-10,16-17,20-25,28H,6-8,11-15H2,1-5H3/t17?,20?,21?,22?,23-,24?,25?,26-,27+/m1/s1. The third-order valence-electron chi connectivity index (χ3n) is 10.1. The van der Waals surface area contributed by atoms with Gasteiger partial charge in [-0.3, -0.25) is 0 Å². The maximum atomic E-state index is 10.4. The van der Waals surface area contributed by atoms with Crippen LogP contribution >= 0.6 is 0 Å². The quantitative estimate of drug-likeness (QED) is 0.552. The highest BCUT2D eigenvalue weighted by atomic mass is 16.6. The summed E-state index contributed by atoms with van der Waals surface area (Å²) < 4.78 is 6.05. The van der Waals surface area contributed by atoms with E-state index in [9.17, 15) is 5.11 Å². The van der Waals surface area contributed by atoms with Crippen molar-refractivity contribution in [1.29, 1.82) is 0 Å². The highest BCUT2D eigenvalue weighted by Crippen LogP contribution is 2.68. The topological polar surface area (TPSA) is 32.8 Å². The van der Waals surface area contributed by atoms with Gasteiger partial charge in [0.1, 0.15) is 6.10 Å². The van der Waals surface area contributed by atoms with Gasteiger partial charge >= 0.3 is 0 Å². The van der Waals surface area contributed by atoms with Crippen molar-refractivity contribution >= 4 is 0 Å². The minimum Gasteiger partial charge on any atom is -0.390 e. The van der Waals surface area contributed by atoms with E-state index in [0.717, 1.165) is 30.1 Å². The lowest BCUT2D eigenvalue weighted by Gasteiger charge is -2.54. The Morgan fingerprint density at radius 3 is 2.62 bits per heavy atom. The Balaban J connectivity index is 1.37. The van der Waals surface area contributed by atoms with Gasteiger partial charge in [0.25, 0.3) is 0 Å². The summed E-state index contributed by atoms with van der Waals surface area (Å²) in [6.07, 6.45) is 15.4. The molecule has 0 bridgehead atoms. The molecule has 1 N–H and O–H groups in total. The zero-order valence-electron chi connectivity index (χ0n) is 19.3. The van der Waals surface area contributed by atoms with Gasteiger partial charge in [0.2, 0.25) is 0 Å². The Kier molecular flexibility index (Phi) is 4.87. The number of hydrogen-bond donors (Lipinski definition) is 1. The van der Waals surface area contributed by atoms with Crippen molar-refractivity contribution < 1.29 is 9.84 Å². The second-order valence-electron chi connectivity index (χ2n) is 12.1. The summed E-state index contributed by atoms with van der Waals surface area (Å²) in [7, 11) is 0. The molecule has 0 radical (unpaired) electrons. The number of aliphatic hydroxyl groups excluding tert-OH is 1. The molecule has 5 aliphatic rings. The van der Waals surface area contributed by atoms with Crippen molar-refractivity contribution in [2.45, 2.75) is 104 Å². The number of epoxide rings is 1. The molecular formula is C27H42O2. The van der Waals surface area contributed by atoms with Gasteiger partial charge in [-0.05, 0) is 67.1 Å². The fourth-order valence-corrected chi connectivity index (χ4v) is 8.41. The first-order valence-corrected chi connectivity index (χ1v) is 12.5. The van der Waals surface area contributed by atoms with Crippen LogP contribution < -0.4 is 0 Å². The number of fused-ring (bicyclic) bond motifs is 7. The molecule has 1 aliphatic heterocycles. The zero-order chi connectivity index (χ0) is 20.6. The van der Waals surface area contributed by atoms with Crippen molar-refractivity contribution in [3.8, 4) is 0 Å². The highest BCUT2D eigenvalue weighted by molar-refractivity contribution is 5.42. The molecule has 4 aliphatic carbocycles. The van der Waals surface area contributed by atoms with E-state index >= 15 is 0 Å².